The Hall–Kier alpha value is -1.20. The van der Waals surface area contributed by atoms with Gasteiger partial charge in [-0.15, -0.1) is 11.3 Å². The first-order valence-electron chi connectivity index (χ1n) is 5.66. The van der Waals surface area contributed by atoms with Crippen LogP contribution in [-0.2, 0) is 12.8 Å². The molecule has 0 aromatic carbocycles. The molecule has 92 valence electrons. The number of thiophene rings is 1. The number of aryl methyl sites for hydroxylation is 1. The summed E-state index contributed by atoms with van der Waals surface area (Å²) in [6.07, 6.45) is 2.32. The van der Waals surface area contributed by atoms with E-state index in [9.17, 15) is 0 Å². The molecule has 0 bridgehead atoms. The van der Waals surface area contributed by atoms with Crippen molar-refractivity contribution < 1.29 is 4.52 Å². The van der Waals surface area contributed by atoms with Crippen molar-refractivity contribution in [3.8, 4) is 0 Å². The zero-order valence-corrected chi connectivity index (χ0v) is 11.0. The number of hydrogen-bond acceptors (Lipinski definition) is 5. The molecular formula is C12H17N3OS. The van der Waals surface area contributed by atoms with E-state index in [0.29, 0.717) is 5.89 Å². The predicted octanol–water partition coefficient (Wildman–Crippen LogP) is 2.39. The molecule has 0 saturated carbocycles. The molecule has 0 saturated heterocycles. The van der Waals surface area contributed by atoms with Crippen LogP contribution in [-0.4, -0.2) is 15.7 Å². The maximum absolute atomic E-state index is 5.91. The second-order valence-corrected chi connectivity index (χ2v) is 5.88. The van der Waals surface area contributed by atoms with E-state index in [0.717, 1.165) is 25.1 Å². The molecule has 0 aliphatic heterocycles. The highest BCUT2D eigenvalue weighted by molar-refractivity contribution is 7.09. The van der Waals surface area contributed by atoms with Crippen LogP contribution in [0.2, 0.25) is 0 Å². The Morgan fingerprint density at radius 1 is 1.47 bits per heavy atom. The van der Waals surface area contributed by atoms with E-state index in [1.54, 1.807) is 11.3 Å². The summed E-state index contributed by atoms with van der Waals surface area (Å²) >= 11 is 1.70. The largest absolute Gasteiger partial charge is 0.339 e. The van der Waals surface area contributed by atoms with Crippen molar-refractivity contribution in [3.05, 3.63) is 34.1 Å². The van der Waals surface area contributed by atoms with Crippen molar-refractivity contribution in [1.29, 1.82) is 0 Å². The first-order chi connectivity index (χ1) is 8.03. The Balaban J connectivity index is 1.92. The fourth-order valence-electron chi connectivity index (χ4n) is 1.46. The molecule has 0 amide bonds. The van der Waals surface area contributed by atoms with Gasteiger partial charge in [0, 0.05) is 23.3 Å². The molecule has 0 unspecified atom stereocenters. The zero-order valence-electron chi connectivity index (χ0n) is 10.1. The molecule has 2 rings (SSSR count). The highest BCUT2D eigenvalue weighted by atomic mass is 32.1. The second-order valence-electron chi connectivity index (χ2n) is 4.85. The summed E-state index contributed by atoms with van der Waals surface area (Å²) in [5.74, 6) is 1.42. The third-order valence-corrected chi connectivity index (χ3v) is 3.28. The van der Waals surface area contributed by atoms with Crippen LogP contribution in [0.25, 0.3) is 0 Å². The van der Waals surface area contributed by atoms with Crippen molar-refractivity contribution in [2.24, 2.45) is 5.73 Å². The molecule has 0 aliphatic carbocycles. The van der Waals surface area contributed by atoms with Crippen LogP contribution in [0.1, 0.15) is 36.9 Å². The van der Waals surface area contributed by atoms with Gasteiger partial charge in [-0.25, -0.2) is 0 Å². The molecule has 2 aromatic heterocycles. The lowest BCUT2D eigenvalue weighted by molar-refractivity contribution is 0.355. The summed E-state index contributed by atoms with van der Waals surface area (Å²) in [6, 6.07) is 4.10. The summed E-state index contributed by atoms with van der Waals surface area (Å²) in [4.78, 5) is 5.61. The lowest BCUT2D eigenvalue weighted by Crippen LogP contribution is -2.32. The summed E-state index contributed by atoms with van der Waals surface area (Å²) in [6.45, 7) is 3.99. The Kier molecular flexibility index (Phi) is 3.59. The standard InChI is InChI=1S/C12H17N3OS/c1-12(2,13)6-5-11-14-10(15-16-11)8-9-4-3-7-17-9/h3-4,7H,5-6,8,13H2,1-2H3. The normalized spacial score (nSPS) is 11.9. The Morgan fingerprint density at radius 2 is 2.29 bits per heavy atom. The van der Waals surface area contributed by atoms with Gasteiger partial charge < -0.3 is 10.3 Å². The van der Waals surface area contributed by atoms with Gasteiger partial charge >= 0.3 is 0 Å². The maximum Gasteiger partial charge on any atom is 0.226 e. The third-order valence-electron chi connectivity index (χ3n) is 2.41. The first kappa shape index (κ1) is 12.3. The van der Waals surface area contributed by atoms with Gasteiger partial charge in [0.05, 0.1) is 0 Å². The van der Waals surface area contributed by atoms with E-state index in [2.05, 4.69) is 16.2 Å². The second kappa shape index (κ2) is 4.98. The zero-order chi connectivity index (χ0) is 12.3. The molecule has 0 aliphatic rings. The van der Waals surface area contributed by atoms with Crippen LogP contribution >= 0.6 is 11.3 Å². The van der Waals surface area contributed by atoms with Crippen LogP contribution in [0.15, 0.2) is 22.0 Å². The average molecular weight is 251 g/mol. The average Bonchev–Trinajstić information content (AvgIpc) is 2.86. The van der Waals surface area contributed by atoms with E-state index >= 15 is 0 Å². The van der Waals surface area contributed by atoms with E-state index in [4.69, 9.17) is 10.3 Å². The number of nitrogens with zero attached hydrogens (tertiary/aromatic N) is 2. The van der Waals surface area contributed by atoms with E-state index in [-0.39, 0.29) is 5.54 Å². The smallest absolute Gasteiger partial charge is 0.226 e. The summed E-state index contributed by atoms with van der Waals surface area (Å²) in [5, 5.41) is 6.02. The quantitative estimate of drug-likeness (QED) is 0.886. The summed E-state index contributed by atoms with van der Waals surface area (Å²) < 4.78 is 5.20. The summed E-state index contributed by atoms with van der Waals surface area (Å²) in [7, 11) is 0. The van der Waals surface area contributed by atoms with Crippen LogP contribution in [0, 0.1) is 0 Å². The van der Waals surface area contributed by atoms with Crippen molar-refractivity contribution in [3.63, 3.8) is 0 Å². The van der Waals surface area contributed by atoms with Crippen molar-refractivity contribution in [2.75, 3.05) is 0 Å². The first-order valence-corrected chi connectivity index (χ1v) is 6.54. The minimum absolute atomic E-state index is 0.192. The topological polar surface area (TPSA) is 64.9 Å². The molecule has 2 heterocycles. The van der Waals surface area contributed by atoms with Gasteiger partial charge in [0.1, 0.15) is 0 Å². The molecule has 0 atom stereocenters. The van der Waals surface area contributed by atoms with Crippen LogP contribution in [0.4, 0.5) is 0 Å². The van der Waals surface area contributed by atoms with E-state index < -0.39 is 0 Å². The number of rotatable bonds is 5. The molecule has 5 heteroatoms. The van der Waals surface area contributed by atoms with Crippen LogP contribution in [0.3, 0.4) is 0 Å². The number of hydrogen-bond donors (Lipinski definition) is 1. The fourth-order valence-corrected chi connectivity index (χ4v) is 2.16. The van der Waals surface area contributed by atoms with Crippen molar-refractivity contribution in [2.45, 2.75) is 38.6 Å². The molecule has 0 radical (unpaired) electrons. The van der Waals surface area contributed by atoms with Gasteiger partial charge in [-0.05, 0) is 31.7 Å². The lowest BCUT2D eigenvalue weighted by Gasteiger charge is -2.16. The van der Waals surface area contributed by atoms with Gasteiger partial charge in [0.15, 0.2) is 5.82 Å². The minimum atomic E-state index is -0.192. The highest BCUT2D eigenvalue weighted by Crippen LogP contribution is 2.14. The molecule has 4 nitrogen and oxygen atoms in total. The predicted molar refractivity (Wildman–Crippen MR) is 68.0 cm³/mol. The number of aromatic nitrogens is 2. The van der Waals surface area contributed by atoms with Crippen molar-refractivity contribution in [1.82, 2.24) is 10.1 Å². The summed E-state index contributed by atoms with van der Waals surface area (Å²) in [5.41, 5.74) is 5.72. The lowest BCUT2D eigenvalue weighted by atomic mass is 10.0. The highest BCUT2D eigenvalue weighted by Gasteiger charge is 2.14. The minimum Gasteiger partial charge on any atom is -0.339 e. The van der Waals surface area contributed by atoms with Gasteiger partial charge in [0.2, 0.25) is 5.89 Å². The SMILES string of the molecule is CC(C)(N)CCc1nc(Cc2cccs2)no1. The molecule has 17 heavy (non-hydrogen) atoms. The van der Waals surface area contributed by atoms with Crippen LogP contribution in [0.5, 0.6) is 0 Å². The molecule has 0 fully saturated rings. The molecule has 2 N–H and O–H groups in total. The number of nitrogens with two attached hydrogens (primary N) is 1. The van der Waals surface area contributed by atoms with E-state index in [1.165, 1.54) is 4.88 Å². The van der Waals surface area contributed by atoms with Gasteiger partial charge in [0.25, 0.3) is 0 Å². The van der Waals surface area contributed by atoms with Crippen LogP contribution < -0.4 is 5.73 Å². The Bertz CT molecular complexity index is 456. The van der Waals surface area contributed by atoms with Crippen molar-refractivity contribution >= 4 is 11.3 Å². The fraction of sp³-hybridized carbons (Fsp3) is 0.500. The molecule has 2 aromatic rings. The Labute approximate surface area is 105 Å². The third kappa shape index (κ3) is 3.94. The van der Waals surface area contributed by atoms with Gasteiger partial charge in [-0.3, -0.25) is 0 Å². The van der Waals surface area contributed by atoms with E-state index in [1.807, 2.05) is 25.3 Å². The molecular weight excluding hydrogens is 234 g/mol. The Morgan fingerprint density at radius 3 is 2.94 bits per heavy atom. The maximum atomic E-state index is 5.91. The van der Waals surface area contributed by atoms with Gasteiger partial charge in [-0.1, -0.05) is 11.2 Å². The molecule has 0 spiro atoms. The van der Waals surface area contributed by atoms with Gasteiger partial charge in [-0.2, -0.15) is 4.98 Å². The monoisotopic (exact) mass is 251 g/mol.